The lowest BCUT2D eigenvalue weighted by molar-refractivity contribution is 0.397. The molecule has 4 aromatic rings. The van der Waals surface area contributed by atoms with Crippen molar-refractivity contribution < 1.29 is 0 Å². The lowest BCUT2D eigenvalue weighted by Gasteiger charge is -2.33. The van der Waals surface area contributed by atoms with E-state index >= 15 is 0 Å². The second-order valence-electron chi connectivity index (χ2n) is 15.3. The summed E-state index contributed by atoms with van der Waals surface area (Å²) in [6, 6.07) is 24.2. The summed E-state index contributed by atoms with van der Waals surface area (Å²) in [5.74, 6) is 0. The van der Waals surface area contributed by atoms with Gasteiger partial charge in [-0.05, 0) is 84.8 Å². The first-order chi connectivity index (χ1) is 24.1. The first-order valence-electron chi connectivity index (χ1n) is 20.5. The van der Waals surface area contributed by atoms with Gasteiger partial charge in [0.2, 0.25) is 0 Å². The van der Waals surface area contributed by atoms with Crippen molar-refractivity contribution >= 4 is 22.7 Å². The van der Waals surface area contributed by atoms with Crippen molar-refractivity contribution in [3.63, 3.8) is 0 Å². The van der Waals surface area contributed by atoms with Gasteiger partial charge in [0, 0.05) is 24.9 Å². The van der Waals surface area contributed by atoms with E-state index < -0.39 is 0 Å². The third-order valence-electron chi connectivity index (χ3n) is 11.3. The molecule has 0 saturated heterocycles. The summed E-state index contributed by atoms with van der Waals surface area (Å²) < 4.78 is 0. The van der Waals surface area contributed by atoms with E-state index in [9.17, 15) is 0 Å². The van der Waals surface area contributed by atoms with Crippen LogP contribution in [0.15, 0.2) is 60.7 Å². The molecular formula is C47H66S2. The van der Waals surface area contributed by atoms with Gasteiger partial charge in [-0.15, -0.1) is 22.7 Å². The maximum Gasteiger partial charge on any atom is 0.0449 e. The Morgan fingerprint density at radius 1 is 0.429 bits per heavy atom. The number of rotatable bonds is 24. The van der Waals surface area contributed by atoms with Crippen LogP contribution in [0.5, 0.6) is 0 Å². The molecule has 266 valence electrons. The molecule has 0 unspecified atom stereocenters. The second-order valence-corrected chi connectivity index (χ2v) is 17.7. The molecule has 1 aliphatic carbocycles. The molecule has 1 aliphatic rings. The van der Waals surface area contributed by atoms with E-state index in [1.165, 1.54) is 183 Å². The molecule has 2 aromatic heterocycles. The molecule has 5 rings (SSSR count). The predicted molar refractivity (Wildman–Crippen MR) is 222 cm³/mol. The highest BCUT2D eigenvalue weighted by Crippen LogP contribution is 2.55. The molecule has 0 fully saturated rings. The van der Waals surface area contributed by atoms with Crippen molar-refractivity contribution in [1.29, 1.82) is 0 Å². The van der Waals surface area contributed by atoms with Gasteiger partial charge < -0.3 is 0 Å². The number of hydrogen-bond donors (Lipinski definition) is 0. The Bertz CT molecular complexity index is 1510. The molecular weight excluding hydrogens is 629 g/mol. The Labute approximate surface area is 309 Å². The van der Waals surface area contributed by atoms with Gasteiger partial charge in [-0.25, -0.2) is 0 Å². The minimum absolute atomic E-state index is 0.137. The lowest BCUT2D eigenvalue weighted by Crippen LogP contribution is -2.25. The third kappa shape index (κ3) is 10.4. The summed E-state index contributed by atoms with van der Waals surface area (Å²) in [6.07, 6.45) is 30.6. The van der Waals surface area contributed by atoms with Gasteiger partial charge in [-0.1, -0.05) is 178 Å². The fourth-order valence-corrected chi connectivity index (χ4v) is 10.4. The first kappa shape index (κ1) is 38.1. The summed E-state index contributed by atoms with van der Waals surface area (Å²) in [5.41, 5.74) is 9.22. The Kier molecular flexibility index (Phi) is 15.6. The van der Waals surface area contributed by atoms with Crippen LogP contribution in [0.2, 0.25) is 0 Å². The van der Waals surface area contributed by atoms with Crippen LogP contribution in [-0.4, -0.2) is 0 Å². The number of unbranched alkanes of at least 4 members (excludes halogenated alkanes) is 18. The minimum Gasteiger partial charge on any atom is -0.140 e. The average Bonchev–Trinajstić information content (AvgIpc) is 3.83. The van der Waals surface area contributed by atoms with Crippen LogP contribution in [0.3, 0.4) is 0 Å². The maximum atomic E-state index is 2.63. The molecule has 0 spiro atoms. The molecule has 2 heterocycles. The number of hydrogen-bond acceptors (Lipinski definition) is 2. The Morgan fingerprint density at radius 2 is 0.878 bits per heavy atom. The fourth-order valence-electron chi connectivity index (χ4n) is 8.45. The lowest BCUT2D eigenvalue weighted by atomic mass is 9.70. The Morgan fingerprint density at radius 3 is 1.41 bits per heavy atom. The molecule has 0 bridgehead atoms. The van der Waals surface area contributed by atoms with Gasteiger partial charge in [0.25, 0.3) is 0 Å². The summed E-state index contributed by atoms with van der Waals surface area (Å²) in [5, 5.41) is 0. The van der Waals surface area contributed by atoms with Crippen molar-refractivity contribution in [2.24, 2.45) is 0 Å². The normalized spacial score (nSPS) is 13.2. The van der Waals surface area contributed by atoms with E-state index in [0.29, 0.717) is 0 Å². The number of aryl methyl sites for hydroxylation is 2. The molecule has 0 aliphatic heterocycles. The van der Waals surface area contributed by atoms with Crippen molar-refractivity contribution in [2.75, 3.05) is 0 Å². The molecule has 2 aromatic carbocycles. The SMILES string of the molecule is CCCCCCCCCCCCC1(CCCCCCCCCCCC)c2cc(C)ccc2-c2ccc(-c3ccc(-c4ccc(C)s4)s3)cc21. The average molecular weight is 695 g/mol. The maximum absolute atomic E-state index is 2.63. The number of fused-ring (bicyclic) bond motifs is 3. The van der Waals surface area contributed by atoms with Gasteiger partial charge in [0.15, 0.2) is 0 Å². The van der Waals surface area contributed by atoms with Crippen LogP contribution in [0.4, 0.5) is 0 Å². The van der Waals surface area contributed by atoms with Gasteiger partial charge in [-0.2, -0.15) is 0 Å². The molecule has 0 nitrogen and oxygen atoms in total. The number of thiophene rings is 2. The third-order valence-corrected chi connectivity index (χ3v) is 13.6. The topological polar surface area (TPSA) is 0 Å². The molecule has 0 radical (unpaired) electrons. The van der Waals surface area contributed by atoms with E-state index in [2.05, 4.69) is 88.4 Å². The van der Waals surface area contributed by atoms with Crippen molar-refractivity contribution in [3.05, 3.63) is 82.2 Å². The highest BCUT2D eigenvalue weighted by atomic mass is 32.1. The largest absolute Gasteiger partial charge is 0.140 e. The standard InChI is InChI=1S/C47H66S2/c1-5-7-9-11-13-15-17-19-21-23-33-47(34-24-22-20-18-16-14-12-10-8-6-2)42-35-37(3)25-28-40(42)41-29-27-39(36-43(41)47)44-31-32-46(49-44)45-30-26-38(4)48-45/h25-32,35-36H,5-24,33-34H2,1-4H3. The van der Waals surface area contributed by atoms with Crippen LogP contribution in [0, 0.1) is 13.8 Å². The molecule has 2 heteroatoms. The monoisotopic (exact) mass is 694 g/mol. The Balaban J connectivity index is 1.32. The summed E-state index contributed by atoms with van der Waals surface area (Å²) >= 11 is 3.88. The molecule has 0 amide bonds. The van der Waals surface area contributed by atoms with Gasteiger partial charge in [0.05, 0.1) is 0 Å². The van der Waals surface area contributed by atoms with E-state index in [-0.39, 0.29) is 5.41 Å². The van der Waals surface area contributed by atoms with Crippen LogP contribution >= 0.6 is 22.7 Å². The van der Waals surface area contributed by atoms with E-state index in [1.807, 2.05) is 22.7 Å². The smallest absolute Gasteiger partial charge is 0.0449 e. The summed E-state index contributed by atoms with van der Waals surface area (Å²) in [4.78, 5) is 5.59. The zero-order chi connectivity index (χ0) is 34.3. The summed E-state index contributed by atoms with van der Waals surface area (Å²) in [6.45, 7) is 9.15. The Hall–Kier alpha value is -2.16. The van der Waals surface area contributed by atoms with Crippen LogP contribution in [-0.2, 0) is 5.41 Å². The van der Waals surface area contributed by atoms with Crippen molar-refractivity contribution in [1.82, 2.24) is 0 Å². The molecule has 49 heavy (non-hydrogen) atoms. The fraction of sp³-hybridized carbons (Fsp3) is 0.574. The van der Waals surface area contributed by atoms with E-state index in [4.69, 9.17) is 0 Å². The second kappa shape index (κ2) is 20.0. The van der Waals surface area contributed by atoms with Gasteiger partial charge >= 0.3 is 0 Å². The van der Waals surface area contributed by atoms with E-state index in [0.717, 1.165) is 0 Å². The highest BCUT2D eigenvalue weighted by Gasteiger charge is 2.42. The predicted octanol–water partition coefficient (Wildman–Crippen LogP) is 16.6. The summed E-state index contributed by atoms with van der Waals surface area (Å²) in [7, 11) is 0. The van der Waals surface area contributed by atoms with E-state index in [1.54, 1.807) is 11.1 Å². The molecule has 0 atom stereocenters. The first-order valence-corrected chi connectivity index (χ1v) is 22.1. The van der Waals surface area contributed by atoms with Crippen LogP contribution < -0.4 is 0 Å². The molecule has 0 N–H and O–H groups in total. The number of benzene rings is 2. The van der Waals surface area contributed by atoms with Crippen molar-refractivity contribution in [3.8, 4) is 31.3 Å². The zero-order valence-electron chi connectivity index (χ0n) is 31.6. The highest BCUT2D eigenvalue weighted by molar-refractivity contribution is 7.23. The minimum atomic E-state index is 0.137. The van der Waals surface area contributed by atoms with Crippen molar-refractivity contribution in [2.45, 2.75) is 174 Å². The van der Waals surface area contributed by atoms with Gasteiger partial charge in [0.1, 0.15) is 0 Å². The van der Waals surface area contributed by atoms with Crippen LogP contribution in [0.25, 0.3) is 31.3 Å². The quantitative estimate of drug-likeness (QED) is 0.0641. The zero-order valence-corrected chi connectivity index (χ0v) is 33.3. The van der Waals surface area contributed by atoms with Gasteiger partial charge in [-0.3, -0.25) is 0 Å². The molecule has 0 saturated carbocycles. The van der Waals surface area contributed by atoms with Crippen LogP contribution in [0.1, 0.15) is 177 Å².